The summed E-state index contributed by atoms with van der Waals surface area (Å²) in [4.78, 5) is 44.0. The Hall–Kier alpha value is -3.00. The molecule has 0 unspecified atom stereocenters. The van der Waals surface area contributed by atoms with Gasteiger partial charge in [0.05, 0.1) is 138 Å². The van der Waals surface area contributed by atoms with Gasteiger partial charge in [-0.3, -0.25) is 9.59 Å². The molecule has 0 spiro atoms. The number of nitrogens with one attached hydrogen (secondary N) is 3. The Morgan fingerprint density at radius 2 is 0.804 bits per heavy atom. The van der Waals surface area contributed by atoms with Gasteiger partial charge in [-0.15, -0.1) is 0 Å². The largest absolute Gasteiger partial charge is 0.394 e. The van der Waals surface area contributed by atoms with Gasteiger partial charge >= 0.3 is 0 Å². The smallest absolute Gasteiger partial charge is 0.215 e. The number of nitrogens with two attached hydrogens (primary N) is 7. The van der Waals surface area contributed by atoms with E-state index in [9.17, 15) is 95.8 Å². The third kappa shape index (κ3) is 56.2. The van der Waals surface area contributed by atoms with Gasteiger partial charge in [0.2, 0.25) is 12.6 Å². The second-order valence-corrected chi connectivity index (χ2v) is 36.9. The molecule has 0 radical (unpaired) electrons. The minimum atomic E-state index is -1.68. The van der Waals surface area contributed by atoms with Crippen LogP contribution in [0.15, 0.2) is 0 Å². The fraction of sp³-hybridized carbons (Fsp3) is 0.957. The van der Waals surface area contributed by atoms with E-state index in [1.54, 1.807) is 41.5 Å². The second kappa shape index (κ2) is 79.2. The Morgan fingerprint density at radius 3 is 1.29 bits per heavy atom. The molecule has 820 valence electrons. The van der Waals surface area contributed by atoms with Crippen molar-refractivity contribution in [3.63, 3.8) is 0 Å². The molecule has 3 heterocycles. The molecule has 32 N–H and O–H groups in total. The summed E-state index contributed by atoms with van der Waals surface area (Å²) in [5.41, 5.74) is 39.9. The van der Waals surface area contributed by atoms with Gasteiger partial charge in [0.15, 0.2) is 56.6 Å². The SMILES string of the molecule is CC(C)OC[C@@H](O[C@@H](C=O)OC[C@@H](O[C@H](C=O)OC(C)C)[C@@H](O)C=O)[C@@H](O)C=O.CC(C)OC[C@@H](O[C@@H](CNCCCCCCN)OC[C@@H](O[C@H](CNCCCCCCN)OC(C)C)[C@@H](O)CCCCCCCCN)[C@@H](O)CNCCCCCCN.CC(C)OC[C@H]1C[C@H](OC[C@H]2O[C@@H](OC(C)C)[C@H](O)[C@@H](O)[C@@H]2O)[C@H](O)[C@@H](O)[C@@H]1O.N[C@@H]1[C@@H](N)[C@H](O[C@H]2[C@H](O)[C@@H](N)[C@H](O)O[C@@H]2CO)O[C@H](CO)[C@H]1O. The highest BCUT2D eigenvalue weighted by Crippen LogP contribution is 2.32. The quantitative estimate of drug-likeness (QED) is 0.0155. The molecule has 0 aromatic heterocycles. The zero-order valence-electron chi connectivity index (χ0n) is 83.9. The predicted molar refractivity (Wildman–Crippen MR) is 506 cm³/mol. The van der Waals surface area contributed by atoms with Crippen molar-refractivity contribution in [2.75, 3.05) is 118 Å². The molecule has 3 saturated heterocycles. The molecule has 32 atom stereocenters. The van der Waals surface area contributed by atoms with E-state index in [1.807, 2.05) is 41.5 Å². The normalized spacial score (nSPS) is 27.9. The highest BCUT2D eigenvalue weighted by Gasteiger charge is 2.51. The lowest BCUT2D eigenvalue weighted by molar-refractivity contribution is -0.315. The Balaban J connectivity index is 0.000000988. The van der Waals surface area contributed by atoms with Crippen LogP contribution in [0.1, 0.15) is 212 Å². The summed E-state index contributed by atoms with van der Waals surface area (Å²) in [6.45, 7) is 26.9. The summed E-state index contributed by atoms with van der Waals surface area (Å²) in [6.07, 6.45) is -12.6. The van der Waals surface area contributed by atoms with Gasteiger partial charge in [-0.2, -0.15) is 0 Å². The fourth-order valence-electron chi connectivity index (χ4n) is 14.6. The number of unbranched alkanes of at least 4 members (excludes halogenated alkanes) is 14. The van der Waals surface area contributed by atoms with Crippen molar-refractivity contribution >= 4 is 25.1 Å². The van der Waals surface area contributed by atoms with Gasteiger partial charge in [0, 0.05) is 25.6 Å². The molecule has 46 nitrogen and oxygen atoms in total. The zero-order chi connectivity index (χ0) is 104. The average Bonchev–Trinajstić information content (AvgIpc) is 0.773. The molecule has 46 heteroatoms. The predicted octanol–water partition coefficient (Wildman–Crippen LogP) is -4.56. The van der Waals surface area contributed by atoms with E-state index in [0.717, 1.165) is 155 Å². The van der Waals surface area contributed by atoms with Crippen LogP contribution in [-0.2, 0) is 99.7 Å². The fourth-order valence-corrected chi connectivity index (χ4v) is 14.6. The number of aldehydes is 4. The van der Waals surface area contributed by atoms with Gasteiger partial charge in [-0.05, 0) is 187 Å². The molecule has 0 bridgehead atoms. The van der Waals surface area contributed by atoms with Crippen LogP contribution in [0.5, 0.6) is 0 Å². The number of ether oxygens (including phenoxy) is 17. The van der Waals surface area contributed by atoms with Crippen LogP contribution in [-0.4, -0.2) is 447 Å². The monoisotopic (exact) mass is 2010 g/mol. The Bertz CT molecular complexity index is 2910. The second-order valence-electron chi connectivity index (χ2n) is 36.9. The highest BCUT2D eigenvalue weighted by molar-refractivity contribution is 5.58. The summed E-state index contributed by atoms with van der Waals surface area (Å²) >= 11 is 0. The molecule has 0 aromatic carbocycles. The summed E-state index contributed by atoms with van der Waals surface area (Å²) in [5, 5.41) is 162. The van der Waals surface area contributed by atoms with Crippen LogP contribution < -0.4 is 56.1 Å². The van der Waals surface area contributed by atoms with Gasteiger partial charge in [-0.1, -0.05) is 70.6 Å². The molecule has 0 aromatic rings. The van der Waals surface area contributed by atoms with Crippen LogP contribution >= 0.6 is 0 Å². The van der Waals surface area contributed by atoms with E-state index >= 15 is 0 Å². The molecule has 138 heavy (non-hydrogen) atoms. The number of carbonyl (C=O) groups is 4. The topological polar surface area (TPSA) is 747 Å². The summed E-state index contributed by atoms with van der Waals surface area (Å²) < 4.78 is 96.1. The Morgan fingerprint density at radius 1 is 0.362 bits per heavy atom. The lowest BCUT2D eigenvalue weighted by Gasteiger charge is -2.46. The summed E-state index contributed by atoms with van der Waals surface area (Å²) in [7, 11) is 0. The average molecular weight is 2010 g/mol. The third-order valence-electron chi connectivity index (χ3n) is 22.7. The maximum atomic E-state index is 11.6. The van der Waals surface area contributed by atoms with Crippen molar-refractivity contribution in [2.24, 2.45) is 46.1 Å². The van der Waals surface area contributed by atoms with Crippen molar-refractivity contribution in [3.05, 3.63) is 0 Å². The molecule has 0 amide bonds. The minimum absolute atomic E-state index is 0.0316. The summed E-state index contributed by atoms with van der Waals surface area (Å²) in [5.74, 6) is -0.442. The molecule has 3 aliphatic heterocycles. The number of hydrogen-bond acceptors (Lipinski definition) is 46. The molecule has 4 fully saturated rings. The molecular weight excluding hydrogens is 1820 g/mol. The lowest BCUT2D eigenvalue weighted by atomic mass is 9.81. The van der Waals surface area contributed by atoms with Gasteiger partial charge < -0.3 is 223 Å². The van der Waals surface area contributed by atoms with E-state index in [0.29, 0.717) is 38.9 Å². The molecule has 4 rings (SSSR count). The lowest BCUT2D eigenvalue weighted by Crippen LogP contribution is -2.69. The van der Waals surface area contributed by atoms with E-state index in [1.165, 1.54) is 0 Å². The van der Waals surface area contributed by atoms with E-state index in [4.69, 9.17) is 121 Å². The van der Waals surface area contributed by atoms with Crippen molar-refractivity contribution in [1.82, 2.24) is 16.0 Å². The van der Waals surface area contributed by atoms with Gasteiger partial charge in [0.25, 0.3) is 0 Å². The number of rotatable bonds is 76. The van der Waals surface area contributed by atoms with Crippen LogP contribution in [0.3, 0.4) is 0 Å². The van der Waals surface area contributed by atoms with Crippen LogP contribution in [0.25, 0.3) is 0 Å². The van der Waals surface area contributed by atoms with Crippen LogP contribution in [0, 0.1) is 5.92 Å². The first-order valence-corrected chi connectivity index (χ1v) is 49.7. The first-order valence-electron chi connectivity index (χ1n) is 49.7. The standard InChI is InChI=1S/C43H95N7O7.C19H36O10.C18H30O11.C12H25N3O8/c1-36(2)53-34-41(39(52)31-48-28-20-12-9-17-25-45)56-42(32-49-29-21-13-10-18-26-46)54-35-40(38(51)23-15-7-5-6-8-16-24-44)57-43(55-37(3)4)33-50-30-22-14-11-19-27-47;1-8(2)26-6-10-5-11(14(21)16(23)13(10)20)27-7-12-15(22)17(24)18(25)19(29-12)28-9(3)4;1-11(2)25-9-15(13(23)5-19)28-17(7-21)26-10-16(14(24)6-20)29-18(8-22)27-12(3)4;13-5-6(14)12(22-3(1-16)8(5)18)23-10-4(2-17)21-11(20)7(15)9(10)19/h36-43,48-52H,5-35,44-47H2,1-4H3;8-25H,5-7H2,1-4H3;5-8,11-18,23-24H,9-10H2,1-4H3;3-12,16-20H,1-2,13-15H2/t38-,39-,40+,41+,42-,43+;10-,11+,12-,13-,14+,15-,16+,17+,18-,19-;13-,14-,15+,16+,17-,18+;3-,4-,5-,6-,7-,8-,9-,10-,11-,12+/m0101/s1. The number of hydrogen-bond donors (Lipinski definition) is 25. The van der Waals surface area contributed by atoms with Crippen molar-refractivity contribution in [1.29, 1.82) is 0 Å². The summed E-state index contributed by atoms with van der Waals surface area (Å²) in [6, 6.07) is -3.04. The number of aliphatic hydroxyl groups excluding tert-OH is 15. The van der Waals surface area contributed by atoms with Crippen molar-refractivity contribution < 1.29 is 176 Å². The minimum Gasteiger partial charge on any atom is -0.394 e. The maximum absolute atomic E-state index is 11.6. The van der Waals surface area contributed by atoms with Crippen molar-refractivity contribution in [3.8, 4) is 0 Å². The van der Waals surface area contributed by atoms with E-state index < -0.39 is 216 Å². The molecular formula is C92H186N10O36. The van der Waals surface area contributed by atoms with Gasteiger partial charge in [0.1, 0.15) is 97.7 Å². The van der Waals surface area contributed by atoms with Crippen molar-refractivity contribution in [2.45, 2.75) is 438 Å². The van der Waals surface area contributed by atoms with E-state index in [2.05, 4.69) is 16.0 Å². The number of aliphatic hydroxyl groups is 15. The number of carbonyl (C=O) groups excluding carboxylic acids is 4. The Kier molecular flexibility index (Phi) is 76.3. The molecule has 1 aliphatic carbocycles. The maximum Gasteiger partial charge on any atom is 0.215 e. The highest BCUT2D eigenvalue weighted by atomic mass is 16.8. The van der Waals surface area contributed by atoms with Crippen LogP contribution in [0.2, 0.25) is 0 Å². The third-order valence-corrected chi connectivity index (χ3v) is 22.7. The molecule has 1 saturated carbocycles. The van der Waals surface area contributed by atoms with E-state index in [-0.39, 0.29) is 94.9 Å². The zero-order valence-corrected chi connectivity index (χ0v) is 83.9. The first kappa shape index (κ1) is 133. The Labute approximate surface area is 816 Å². The first-order chi connectivity index (χ1) is 65.7. The van der Waals surface area contributed by atoms with Crippen LogP contribution in [0.4, 0.5) is 0 Å². The van der Waals surface area contributed by atoms with Gasteiger partial charge in [-0.25, -0.2) is 0 Å². The molecule has 4 aliphatic rings.